The van der Waals surface area contributed by atoms with Crippen LogP contribution in [-0.2, 0) is 14.3 Å². The molecule has 2 saturated heterocycles. The van der Waals surface area contributed by atoms with E-state index in [1.54, 1.807) is 18.7 Å². The molecule has 0 spiro atoms. The highest BCUT2D eigenvalue weighted by atomic mass is 16.5. The Morgan fingerprint density at radius 2 is 2.18 bits per heavy atom. The first-order valence-corrected chi connectivity index (χ1v) is 6.28. The second-order valence-corrected chi connectivity index (χ2v) is 4.96. The molecule has 17 heavy (non-hydrogen) atoms. The zero-order chi connectivity index (χ0) is 12.4. The van der Waals surface area contributed by atoms with E-state index in [0.29, 0.717) is 12.5 Å². The topological polar surface area (TPSA) is 58.6 Å². The molecule has 2 heterocycles. The Morgan fingerprint density at radius 3 is 2.82 bits per heavy atom. The molecule has 0 aliphatic carbocycles. The summed E-state index contributed by atoms with van der Waals surface area (Å²) >= 11 is 0. The van der Waals surface area contributed by atoms with Gasteiger partial charge in [0.2, 0.25) is 11.8 Å². The molecule has 3 unspecified atom stereocenters. The van der Waals surface area contributed by atoms with Gasteiger partial charge < -0.3 is 15.0 Å². The van der Waals surface area contributed by atoms with Crippen molar-refractivity contribution in [2.24, 2.45) is 5.92 Å². The number of nitrogens with zero attached hydrogens (tertiary/aromatic N) is 1. The van der Waals surface area contributed by atoms with E-state index in [2.05, 4.69) is 5.32 Å². The van der Waals surface area contributed by atoms with Crippen molar-refractivity contribution in [2.75, 3.05) is 19.8 Å². The number of hydrogen-bond acceptors (Lipinski definition) is 3. The minimum atomic E-state index is -0.390. The molecule has 0 radical (unpaired) electrons. The first kappa shape index (κ1) is 12.4. The van der Waals surface area contributed by atoms with Crippen LogP contribution in [0.4, 0.5) is 0 Å². The van der Waals surface area contributed by atoms with Crippen LogP contribution in [0.5, 0.6) is 0 Å². The summed E-state index contributed by atoms with van der Waals surface area (Å²) in [5.41, 5.74) is 0. The fourth-order valence-corrected chi connectivity index (χ4v) is 2.41. The third-order valence-corrected chi connectivity index (χ3v) is 3.66. The number of rotatable bonds is 3. The second-order valence-electron chi connectivity index (χ2n) is 4.96. The molecule has 2 fully saturated rings. The quantitative estimate of drug-likeness (QED) is 0.764. The normalized spacial score (nSPS) is 34.0. The van der Waals surface area contributed by atoms with Gasteiger partial charge in [-0.1, -0.05) is 0 Å². The third-order valence-electron chi connectivity index (χ3n) is 3.66. The smallest absolute Gasteiger partial charge is 0.245 e. The second kappa shape index (κ2) is 5.04. The lowest BCUT2D eigenvalue weighted by Gasteiger charge is -2.36. The number of hydrogen-bond donors (Lipinski definition) is 1. The maximum absolute atomic E-state index is 12.0. The fourth-order valence-electron chi connectivity index (χ4n) is 2.41. The maximum Gasteiger partial charge on any atom is 0.245 e. The number of ether oxygens (including phenoxy) is 1. The highest BCUT2D eigenvalue weighted by Crippen LogP contribution is 2.19. The summed E-state index contributed by atoms with van der Waals surface area (Å²) in [6.45, 7) is 5.79. The number of piperazine rings is 1. The van der Waals surface area contributed by atoms with Gasteiger partial charge in [-0.2, -0.15) is 0 Å². The zero-order valence-corrected chi connectivity index (χ0v) is 10.4. The van der Waals surface area contributed by atoms with Crippen LogP contribution in [-0.4, -0.2) is 48.6 Å². The molecule has 96 valence electrons. The van der Waals surface area contributed by atoms with E-state index in [-0.39, 0.29) is 17.9 Å². The van der Waals surface area contributed by atoms with Gasteiger partial charge in [-0.25, -0.2) is 0 Å². The minimum absolute atomic E-state index is 0.0241. The van der Waals surface area contributed by atoms with Crippen molar-refractivity contribution in [3.63, 3.8) is 0 Å². The molecule has 0 saturated carbocycles. The number of carbonyl (C=O) groups excluding carboxylic acids is 2. The molecule has 1 N–H and O–H groups in total. The van der Waals surface area contributed by atoms with Crippen LogP contribution < -0.4 is 5.32 Å². The van der Waals surface area contributed by atoms with Crippen molar-refractivity contribution in [1.29, 1.82) is 0 Å². The average Bonchev–Trinajstić information content (AvgIpc) is 2.79. The van der Waals surface area contributed by atoms with E-state index in [1.165, 1.54) is 0 Å². The highest BCUT2D eigenvalue weighted by Gasteiger charge is 2.35. The van der Waals surface area contributed by atoms with E-state index in [4.69, 9.17) is 4.74 Å². The van der Waals surface area contributed by atoms with Crippen molar-refractivity contribution < 1.29 is 14.3 Å². The van der Waals surface area contributed by atoms with E-state index in [1.807, 2.05) is 0 Å². The largest absolute Gasteiger partial charge is 0.381 e. The van der Waals surface area contributed by atoms with Gasteiger partial charge in [-0.3, -0.25) is 9.59 Å². The van der Waals surface area contributed by atoms with Crippen LogP contribution in [0.3, 0.4) is 0 Å². The van der Waals surface area contributed by atoms with Crippen molar-refractivity contribution in [2.45, 2.75) is 38.8 Å². The lowest BCUT2D eigenvalue weighted by Crippen LogP contribution is -2.61. The SMILES string of the molecule is CC1NC(=O)C(C)N(CCC2CCOC2)C1=O. The molecule has 0 aromatic carbocycles. The van der Waals surface area contributed by atoms with E-state index in [0.717, 1.165) is 26.1 Å². The molecule has 0 aromatic rings. The number of nitrogens with one attached hydrogen (secondary N) is 1. The van der Waals surface area contributed by atoms with E-state index >= 15 is 0 Å². The summed E-state index contributed by atoms with van der Waals surface area (Å²) in [7, 11) is 0. The van der Waals surface area contributed by atoms with Gasteiger partial charge >= 0.3 is 0 Å². The van der Waals surface area contributed by atoms with Gasteiger partial charge in [0.05, 0.1) is 0 Å². The standard InChI is InChI=1S/C12H20N2O3/c1-8-12(16)14(9(2)11(15)13-8)5-3-10-4-6-17-7-10/h8-10H,3-7H2,1-2H3,(H,13,15). The maximum atomic E-state index is 12.0. The van der Waals surface area contributed by atoms with Gasteiger partial charge in [0.15, 0.2) is 0 Å². The Bertz CT molecular complexity index is 313. The monoisotopic (exact) mass is 240 g/mol. The lowest BCUT2D eigenvalue weighted by atomic mass is 10.0. The van der Waals surface area contributed by atoms with Crippen molar-refractivity contribution in [1.82, 2.24) is 10.2 Å². The molecular weight excluding hydrogens is 220 g/mol. The predicted molar refractivity (Wildman–Crippen MR) is 62.3 cm³/mol. The Balaban J connectivity index is 1.92. The molecule has 2 aliphatic rings. The van der Waals surface area contributed by atoms with Gasteiger partial charge in [-0.15, -0.1) is 0 Å². The fraction of sp³-hybridized carbons (Fsp3) is 0.833. The summed E-state index contributed by atoms with van der Waals surface area (Å²) in [6.07, 6.45) is 1.99. The van der Waals surface area contributed by atoms with Gasteiger partial charge in [0.1, 0.15) is 12.1 Å². The van der Waals surface area contributed by atoms with Gasteiger partial charge in [0.25, 0.3) is 0 Å². The van der Waals surface area contributed by atoms with E-state index in [9.17, 15) is 9.59 Å². The average molecular weight is 240 g/mol. The van der Waals surface area contributed by atoms with Crippen LogP contribution in [0.1, 0.15) is 26.7 Å². The Hall–Kier alpha value is -1.10. The summed E-state index contributed by atoms with van der Waals surface area (Å²) in [5, 5.41) is 2.68. The van der Waals surface area contributed by atoms with Crippen molar-refractivity contribution in [3.8, 4) is 0 Å². The molecule has 2 amide bonds. The van der Waals surface area contributed by atoms with Crippen molar-refractivity contribution >= 4 is 11.8 Å². The summed E-state index contributed by atoms with van der Waals surface area (Å²) in [5.74, 6) is 0.506. The Labute approximate surface area is 101 Å². The zero-order valence-electron chi connectivity index (χ0n) is 10.4. The molecule has 5 nitrogen and oxygen atoms in total. The predicted octanol–water partition coefficient (Wildman–Crippen LogP) is 0.148. The molecule has 0 aromatic heterocycles. The molecule has 2 aliphatic heterocycles. The van der Waals surface area contributed by atoms with Gasteiger partial charge in [0, 0.05) is 19.8 Å². The van der Waals surface area contributed by atoms with Crippen molar-refractivity contribution in [3.05, 3.63) is 0 Å². The first-order chi connectivity index (χ1) is 8.09. The lowest BCUT2D eigenvalue weighted by molar-refractivity contribution is -0.148. The molecule has 3 atom stereocenters. The van der Waals surface area contributed by atoms with Crippen LogP contribution in [0.15, 0.2) is 0 Å². The summed E-state index contributed by atoms with van der Waals surface area (Å²) < 4.78 is 5.31. The summed E-state index contributed by atoms with van der Waals surface area (Å²) in [6, 6.07) is -0.737. The number of carbonyl (C=O) groups is 2. The first-order valence-electron chi connectivity index (χ1n) is 6.28. The summed E-state index contributed by atoms with van der Waals surface area (Å²) in [4.78, 5) is 25.3. The molecule has 2 rings (SSSR count). The van der Waals surface area contributed by atoms with Crippen LogP contribution in [0, 0.1) is 5.92 Å². The van der Waals surface area contributed by atoms with E-state index < -0.39 is 6.04 Å². The van der Waals surface area contributed by atoms with Gasteiger partial charge in [-0.05, 0) is 32.6 Å². The molecule has 0 bridgehead atoms. The van der Waals surface area contributed by atoms with Crippen LogP contribution in [0.2, 0.25) is 0 Å². The van der Waals surface area contributed by atoms with Crippen LogP contribution >= 0.6 is 0 Å². The van der Waals surface area contributed by atoms with Crippen LogP contribution in [0.25, 0.3) is 0 Å². The molecule has 5 heteroatoms. The highest BCUT2D eigenvalue weighted by molar-refractivity contribution is 5.96. The number of amides is 2. The Kier molecular flexibility index (Phi) is 3.66. The third kappa shape index (κ3) is 2.60. The Morgan fingerprint density at radius 1 is 1.41 bits per heavy atom. The molecular formula is C12H20N2O3. The minimum Gasteiger partial charge on any atom is -0.381 e.